The van der Waals surface area contributed by atoms with Crippen molar-refractivity contribution in [2.75, 3.05) is 12.3 Å². The molecule has 1 atom stereocenters. The summed E-state index contributed by atoms with van der Waals surface area (Å²) in [6.45, 7) is 3.62. The number of nitrogens with two attached hydrogens (primary N) is 1. The highest BCUT2D eigenvalue weighted by Gasteiger charge is 2.24. The lowest BCUT2D eigenvalue weighted by atomic mass is 10.3. The second kappa shape index (κ2) is 6.31. The number of carbonyl (C=O) groups is 1. The molecular weight excluding hydrogens is 336 g/mol. The third kappa shape index (κ3) is 4.15. The molecule has 0 aliphatic rings. The first-order chi connectivity index (χ1) is 8.77. The lowest BCUT2D eigenvalue weighted by molar-refractivity contribution is -0.122. The number of hydrogen-bond donors (Lipinski definition) is 3. The first kappa shape index (κ1) is 15.9. The van der Waals surface area contributed by atoms with Crippen molar-refractivity contribution in [1.29, 1.82) is 0 Å². The average molecular weight is 351 g/mol. The van der Waals surface area contributed by atoms with Gasteiger partial charge in [0.25, 0.3) is 0 Å². The highest BCUT2D eigenvalue weighted by atomic mass is 79.9. The van der Waals surface area contributed by atoms with E-state index in [1.165, 1.54) is 19.2 Å². The summed E-state index contributed by atoms with van der Waals surface area (Å²) in [6.07, 6.45) is 1.39. The number of hydrogen-bond acceptors (Lipinski definition) is 5. The molecule has 1 aromatic rings. The number of carbonyl (C=O) groups excluding carboxylic acids is 1. The van der Waals surface area contributed by atoms with Crippen LogP contribution in [0.1, 0.15) is 13.8 Å². The molecule has 0 aliphatic heterocycles. The fraction of sp³-hybridized carbons (Fsp3) is 0.400. The van der Waals surface area contributed by atoms with Gasteiger partial charge in [-0.1, -0.05) is 0 Å². The Balaban J connectivity index is 2.99. The first-order valence-electron chi connectivity index (χ1n) is 5.49. The monoisotopic (exact) mass is 350 g/mol. The van der Waals surface area contributed by atoms with Gasteiger partial charge in [-0.3, -0.25) is 4.79 Å². The number of sulfonamides is 1. The van der Waals surface area contributed by atoms with Crippen LogP contribution in [0.3, 0.4) is 0 Å². The van der Waals surface area contributed by atoms with Crippen LogP contribution in [0.15, 0.2) is 21.6 Å². The molecule has 0 radical (unpaired) electrons. The Morgan fingerprint density at radius 2 is 2.21 bits per heavy atom. The van der Waals surface area contributed by atoms with Crippen LogP contribution in [-0.4, -0.2) is 31.9 Å². The van der Waals surface area contributed by atoms with Crippen LogP contribution < -0.4 is 15.8 Å². The van der Waals surface area contributed by atoms with Crippen LogP contribution in [0.4, 0.5) is 5.82 Å². The van der Waals surface area contributed by atoms with Crippen LogP contribution in [0, 0.1) is 0 Å². The van der Waals surface area contributed by atoms with E-state index in [4.69, 9.17) is 5.73 Å². The molecule has 1 aromatic heterocycles. The van der Waals surface area contributed by atoms with E-state index in [1.54, 1.807) is 6.92 Å². The van der Waals surface area contributed by atoms with Gasteiger partial charge in [0, 0.05) is 17.2 Å². The first-order valence-corrected chi connectivity index (χ1v) is 7.76. The van der Waals surface area contributed by atoms with Gasteiger partial charge in [-0.25, -0.2) is 13.4 Å². The summed E-state index contributed by atoms with van der Waals surface area (Å²) in [5.74, 6) is -0.536. The fourth-order valence-electron chi connectivity index (χ4n) is 1.32. The van der Waals surface area contributed by atoms with Crippen molar-refractivity contribution < 1.29 is 13.2 Å². The van der Waals surface area contributed by atoms with Crippen molar-refractivity contribution in [3.05, 3.63) is 16.7 Å². The second-order valence-electron chi connectivity index (χ2n) is 3.77. The number of nitrogens with one attached hydrogen (secondary N) is 2. The smallest absolute Gasteiger partial charge is 0.244 e. The Morgan fingerprint density at radius 1 is 1.58 bits per heavy atom. The number of nitrogens with zero attached hydrogens (tertiary/aromatic N) is 1. The number of anilines is 1. The summed E-state index contributed by atoms with van der Waals surface area (Å²) in [5, 5.41) is 2.52. The molecule has 1 amide bonds. The molecule has 19 heavy (non-hydrogen) atoms. The molecule has 106 valence electrons. The van der Waals surface area contributed by atoms with Crippen LogP contribution in [0.2, 0.25) is 0 Å². The van der Waals surface area contributed by atoms with Gasteiger partial charge in [-0.2, -0.15) is 4.72 Å². The van der Waals surface area contributed by atoms with E-state index in [0.717, 1.165) is 0 Å². The van der Waals surface area contributed by atoms with E-state index < -0.39 is 22.0 Å². The third-order valence-corrected chi connectivity index (χ3v) is 4.22. The molecule has 0 bridgehead atoms. The summed E-state index contributed by atoms with van der Waals surface area (Å²) in [4.78, 5) is 15.1. The van der Waals surface area contributed by atoms with E-state index >= 15 is 0 Å². The van der Waals surface area contributed by atoms with Crippen molar-refractivity contribution in [3.63, 3.8) is 0 Å². The lowest BCUT2D eigenvalue weighted by Gasteiger charge is -2.14. The van der Waals surface area contributed by atoms with Gasteiger partial charge in [-0.05, 0) is 35.8 Å². The molecule has 0 saturated heterocycles. The molecule has 1 rings (SSSR count). The summed E-state index contributed by atoms with van der Waals surface area (Å²) in [7, 11) is -3.90. The largest absolute Gasteiger partial charge is 0.383 e. The normalized spacial score (nSPS) is 13.0. The number of likely N-dealkylation sites (N-methyl/N-ethyl adjacent to an activating group) is 1. The van der Waals surface area contributed by atoms with Crippen molar-refractivity contribution in [2.45, 2.75) is 24.8 Å². The maximum absolute atomic E-state index is 12.1. The van der Waals surface area contributed by atoms with E-state index in [2.05, 4.69) is 31.0 Å². The van der Waals surface area contributed by atoms with Crippen LogP contribution in [0.5, 0.6) is 0 Å². The standard InChI is InChI=1S/C10H15BrN4O3S/c1-3-13-10(16)6(2)15-19(17,18)8-4-7(11)5-14-9(8)12/h4-6,15H,3H2,1-2H3,(H2,12,14)(H,13,16). The Kier molecular flexibility index (Phi) is 5.27. The predicted molar refractivity (Wildman–Crippen MR) is 74.8 cm³/mol. The topological polar surface area (TPSA) is 114 Å². The van der Waals surface area contributed by atoms with Gasteiger partial charge in [0.1, 0.15) is 10.7 Å². The molecule has 0 spiro atoms. The Hall–Kier alpha value is -1.19. The van der Waals surface area contributed by atoms with Crippen molar-refractivity contribution in [2.24, 2.45) is 0 Å². The van der Waals surface area contributed by atoms with Gasteiger partial charge in [0.05, 0.1) is 6.04 Å². The lowest BCUT2D eigenvalue weighted by Crippen LogP contribution is -2.44. The molecule has 1 unspecified atom stereocenters. The Bertz CT molecular complexity index is 576. The van der Waals surface area contributed by atoms with Crippen LogP contribution in [-0.2, 0) is 14.8 Å². The Morgan fingerprint density at radius 3 is 2.79 bits per heavy atom. The number of halogens is 1. The average Bonchev–Trinajstić information content (AvgIpc) is 2.31. The molecular formula is C10H15BrN4O3S. The van der Waals surface area contributed by atoms with Crippen molar-refractivity contribution >= 4 is 37.7 Å². The number of pyridine rings is 1. The summed E-state index contributed by atoms with van der Waals surface area (Å²) in [6, 6.07) is 0.429. The Labute approximate surface area is 120 Å². The zero-order valence-corrected chi connectivity index (χ0v) is 12.9. The van der Waals surface area contributed by atoms with Gasteiger partial charge in [-0.15, -0.1) is 0 Å². The van der Waals surface area contributed by atoms with E-state index in [1.807, 2.05) is 0 Å². The molecule has 0 saturated carbocycles. The fourth-order valence-corrected chi connectivity index (χ4v) is 3.12. The molecule has 1 heterocycles. The minimum Gasteiger partial charge on any atom is -0.383 e. The molecule has 0 aromatic carbocycles. The quantitative estimate of drug-likeness (QED) is 0.703. The second-order valence-corrected chi connectivity index (χ2v) is 6.37. The van der Waals surface area contributed by atoms with Gasteiger partial charge in [0.2, 0.25) is 15.9 Å². The zero-order chi connectivity index (χ0) is 14.6. The molecule has 0 fully saturated rings. The molecule has 0 aliphatic carbocycles. The molecule has 9 heteroatoms. The van der Waals surface area contributed by atoms with E-state index in [0.29, 0.717) is 11.0 Å². The minimum absolute atomic E-state index is 0.126. The zero-order valence-electron chi connectivity index (χ0n) is 10.5. The minimum atomic E-state index is -3.90. The summed E-state index contributed by atoms with van der Waals surface area (Å²) < 4.78 is 26.9. The van der Waals surface area contributed by atoms with Crippen molar-refractivity contribution in [3.8, 4) is 0 Å². The highest BCUT2D eigenvalue weighted by Crippen LogP contribution is 2.20. The maximum Gasteiger partial charge on any atom is 0.244 e. The molecule has 4 N–H and O–H groups in total. The molecule has 7 nitrogen and oxygen atoms in total. The van der Waals surface area contributed by atoms with Gasteiger partial charge >= 0.3 is 0 Å². The van der Waals surface area contributed by atoms with Gasteiger partial charge < -0.3 is 11.1 Å². The SMILES string of the molecule is CCNC(=O)C(C)NS(=O)(=O)c1cc(Br)cnc1N. The van der Waals surface area contributed by atoms with Crippen LogP contribution >= 0.6 is 15.9 Å². The number of nitrogen functional groups attached to an aromatic ring is 1. The van der Waals surface area contributed by atoms with Crippen molar-refractivity contribution in [1.82, 2.24) is 15.0 Å². The maximum atomic E-state index is 12.1. The number of rotatable bonds is 5. The highest BCUT2D eigenvalue weighted by molar-refractivity contribution is 9.10. The van der Waals surface area contributed by atoms with E-state index in [-0.39, 0.29) is 10.7 Å². The number of aromatic nitrogens is 1. The predicted octanol–water partition coefficient (Wildman–Crippen LogP) is 0.229. The summed E-state index contributed by atoms with van der Waals surface area (Å²) >= 11 is 3.12. The summed E-state index contributed by atoms with van der Waals surface area (Å²) in [5.41, 5.74) is 5.53. The van der Waals surface area contributed by atoms with Crippen LogP contribution in [0.25, 0.3) is 0 Å². The number of amides is 1. The van der Waals surface area contributed by atoms with Gasteiger partial charge in [0.15, 0.2) is 0 Å². The van der Waals surface area contributed by atoms with E-state index in [9.17, 15) is 13.2 Å². The third-order valence-electron chi connectivity index (χ3n) is 2.21.